The predicted molar refractivity (Wildman–Crippen MR) is 110 cm³/mol. The highest BCUT2D eigenvalue weighted by Crippen LogP contribution is 2.45. The number of aromatic nitrogens is 1. The number of rotatable bonds is 3. The predicted octanol–water partition coefficient (Wildman–Crippen LogP) is 3.18. The molecule has 0 spiro atoms. The molecule has 0 saturated carbocycles. The Morgan fingerprint density at radius 1 is 1.23 bits per heavy atom. The maximum atomic E-state index is 13.0. The van der Waals surface area contributed by atoms with Gasteiger partial charge in [-0.25, -0.2) is 5.01 Å². The summed E-state index contributed by atoms with van der Waals surface area (Å²) in [6.45, 7) is 0. The molecule has 2 heterocycles. The summed E-state index contributed by atoms with van der Waals surface area (Å²) in [5.74, 6) is -1.08. The van der Waals surface area contributed by atoms with E-state index < -0.39 is 11.8 Å². The molecule has 3 N–H and O–H groups in total. The van der Waals surface area contributed by atoms with Crippen molar-refractivity contribution in [3.8, 4) is 6.07 Å². The number of nitrogens with zero attached hydrogens (tertiary/aromatic N) is 3. The van der Waals surface area contributed by atoms with E-state index in [1.165, 1.54) is 17.4 Å². The second-order valence-electron chi connectivity index (χ2n) is 7.01. The molecule has 2 aliphatic rings. The standard InChI is InChI=1S/C22H18ClN5O2/c23-16-5-2-1-4-14(16)19-15(12-24)21(25)28(17-6-3-7-18(29)20(17)19)27-22(30)13-8-10-26-11-9-13/h1-2,4-5,8-11,19H,3,6-7,25H2,(H,27,30). The van der Waals surface area contributed by atoms with E-state index in [1.54, 1.807) is 36.4 Å². The van der Waals surface area contributed by atoms with Gasteiger partial charge in [-0.3, -0.25) is 20.0 Å². The lowest BCUT2D eigenvalue weighted by molar-refractivity contribution is -0.116. The van der Waals surface area contributed by atoms with Crippen LogP contribution in [-0.2, 0) is 4.79 Å². The lowest BCUT2D eigenvalue weighted by atomic mass is 9.76. The minimum Gasteiger partial charge on any atom is -0.383 e. The van der Waals surface area contributed by atoms with Crippen LogP contribution in [0.4, 0.5) is 0 Å². The van der Waals surface area contributed by atoms with Gasteiger partial charge in [0.2, 0.25) is 0 Å². The number of pyridine rings is 1. The van der Waals surface area contributed by atoms with Crippen LogP contribution in [-0.4, -0.2) is 21.7 Å². The smallest absolute Gasteiger partial charge is 0.270 e. The fourth-order valence-corrected chi connectivity index (χ4v) is 4.15. The Kier molecular flexibility index (Phi) is 5.25. The minimum absolute atomic E-state index is 0.0791. The molecule has 30 heavy (non-hydrogen) atoms. The van der Waals surface area contributed by atoms with Gasteiger partial charge in [-0.05, 0) is 36.6 Å². The number of halogens is 1. The Hall–Kier alpha value is -3.63. The van der Waals surface area contributed by atoms with Crippen molar-refractivity contribution in [3.05, 3.63) is 87.6 Å². The zero-order valence-electron chi connectivity index (χ0n) is 15.9. The van der Waals surface area contributed by atoms with Gasteiger partial charge in [0.15, 0.2) is 5.78 Å². The van der Waals surface area contributed by atoms with Crippen LogP contribution in [0.15, 0.2) is 71.5 Å². The lowest BCUT2D eigenvalue weighted by Crippen LogP contribution is -2.48. The van der Waals surface area contributed by atoms with Gasteiger partial charge >= 0.3 is 0 Å². The first-order chi connectivity index (χ1) is 14.5. The van der Waals surface area contributed by atoms with Gasteiger partial charge in [0, 0.05) is 40.7 Å². The molecule has 0 saturated heterocycles. The fourth-order valence-electron chi connectivity index (χ4n) is 3.90. The molecule has 1 aliphatic carbocycles. The molecule has 1 unspecified atom stereocenters. The number of nitrogens with two attached hydrogens (primary N) is 1. The Morgan fingerprint density at radius 3 is 2.67 bits per heavy atom. The summed E-state index contributed by atoms with van der Waals surface area (Å²) in [7, 11) is 0. The van der Waals surface area contributed by atoms with Crippen LogP contribution in [0.2, 0.25) is 5.02 Å². The van der Waals surface area contributed by atoms with Crippen LogP contribution in [0, 0.1) is 11.3 Å². The third-order valence-corrected chi connectivity index (χ3v) is 5.63. The molecule has 8 heteroatoms. The molecule has 0 radical (unpaired) electrons. The highest BCUT2D eigenvalue weighted by Gasteiger charge is 2.41. The van der Waals surface area contributed by atoms with E-state index in [-0.39, 0.29) is 17.2 Å². The molecule has 4 rings (SSSR count). The van der Waals surface area contributed by atoms with Crippen LogP contribution in [0.5, 0.6) is 0 Å². The van der Waals surface area contributed by atoms with E-state index in [0.29, 0.717) is 46.7 Å². The van der Waals surface area contributed by atoms with E-state index in [4.69, 9.17) is 17.3 Å². The first-order valence-electron chi connectivity index (χ1n) is 9.44. The van der Waals surface area contributed by atoms with Gasteiger partial charge < -0.3 is 5.73 Å². The average molecular weight is 420 g/mol. The summed E-state index contributed by atoms with van der Waals surface area (Å²) in [6.07, 6.45) is 4.55. The Bertz CT molecular complexity index is 1130. The summed E-state index contributed by atoms with van der Waals surface area (Å²) in [6, 6.07) is 12.4. The highest BCUT2D eigenvalue weighted by atomic mass is 35.5. The van der Waals surface area contributed by atoms with Crippen LogP contribution in [0.1, 0.15) is 41.1 Å². The molecule has 0 fully saturated rings. The fraction of sp³-hybridized carbons (Fsp3) is 0.182. The number of amides is 1. The van der Waals surface area contributed by atoms with Gasteiger partial charge in [-0.15, -0.1) is 0 Å². The van der Waals surface area contributed by atoms with Crippen LogP contribution in [0.25, 0.3) is 0 Å². The molecular formula is C22H18ClN5O2. The number of benzene rings is 1. The van der Waals surface area contributed by atoms with Crippen molar-refractivity contribution in [1.82, 2.24) is 15.4 Å². The summed E-state index contributed by atoms with van der Waals surface area (Å²) in [5.41, 5.74) is 11.3. The van der Waals surface area contributed by atoms with Crippen molar-refractivity contribution < 1.29 is 9.59 Å². The maximum Gasteiger partial charge on any atom is 0.270 e. The quantitative estimate of drug-likeness (QED) is 0.790. The van der Waals surface area contributed by atoms with Gasteiger partial charge in [-0.2, -0.15) is 5.26 Å². The Morgan fingerprint density at radius 2 is 1.97 bits per heavy atom. The molecule has 2 aromatic rings. The normalized spacial score (nSPS) is 18.7. The molecule has 1 aromatic carbocycles. The molecule has 0 bridgehead atoms. The molecule has 1 aliphatic heterocycles. The number of nitrogens with one attached hydrogen (secondary N) is 1. The van der Waals surface area contributed by atoms with Crippen LogP contribution in [0.3, 0.4) is 0 Å². The van der Waals surface area contributed by atoms with E-state index in [9.17, 15) is 14.9 Å². The lowest BCUT2D eigenvalue weighted by Gasteiger charge is -2.39. The van der Waals surface area contributed by atoms with Crippen LogP contribution < -0.4 is 11.2 Å². The number of hydrogen-bond acceptors (Lipinski definition) is 6. The second kappa shape index (κ2) is 8.01. The summed E-state index contributed by atoms with van der Waals surface area (Å²) < 4.78 is 0. The van der Waals surface area contributed by atoms with Crippen molar-refractivity contribution in [2.75, 3.05) is 0 Å². The van der Waals surface area contributed by atoms with E-state index in [2.05, 4.69) is 16.5 Å². The van der Waals surface area contributed by atoms with E-state index in [1.807, 2.05) is 0 Å². The van der Waals surface area contributed by atoms with Crippen LogP contribution >= 0.6 is 11.6 Å². The van der Waals surface area contributed by atoms with Crippen molar-refractivity contribution in [1.29, 1.82) is 5.26 Å². The first kappa shape index (κ1) is 19.7. The second-order valence-corrected chi connectivity index (χ2v) is 7.42. The highest BCUT2D eigenvalue weighted by molar-refractivity contribution is 6.31. The monoisotopic (exact) mass is 419 g/mol. The Labute approximate surface area is 178 Å². The molecule has 1 aromatic heterocycles. The van der Waals surface area contributed by atoms with Crippen molar-refractivity contribution in [2.45, 2.75) is 25.2 Å². The third-order valence-electron chi connectivity index (χ3n) is 5.29. The Balaban J connectivity index is 1.84. The van der Waals surface area contributed by atoms with Gasteiger partial charge in [0.25, 0.3) is 5.91 Å². The number of carbonyl (C=O) groups excluding carboxylic acids is 2. The number of Topliss-reactive ketones (excluding diaryl/α,β-unsaturated/α-hetero) is 1. The molecule has 7 nitrogen and oxygen atoms in total. The number of ketones is 1. The summed E-state index contributed by atoms with van der Waals surface area (Å²) >= 11 is 6.41. The SMILES string of the molecule is N#CC1=C(N)N(NC(=O)c2ccncc2)C2=C(C(=O)CCC2)C1c1ccccc1Cl. The molecule has 150 valence electrons. The number of nitriles is 1. The maximum absolute atomic E-state index is 13.0. The molecular weight excluding hydrogens is 402 g/mol. The number of hydrogen-bond donors (Lipinski definition) is 2. The largest absolute Gasteiger partial charge is 0.383 e. The van der Waals surface area contributed by atoms with Crippen molar-refractivity contribution >= 4 is 23.3 Å². The number of allylic oxidation sites excluding steroid dienone is 3. The van der Waals surface area contributed by atoms with E-state index in [0.717, 1.165) is 0 Å². The number of carbonyl (C=O) groups is 2. The zero-order chi connectivity index (χ0) is 21.3. The van der Waals surface area contributed by atoms with Gasteiger partial charge in [0.05, 0.1) is 17.6 Å². The summed E-state index contributed by atoms with van der Waals surface area (Å²) in [4.78, 5) is 29.6. The van der Waals surface area contributed by atoms with E-state index >= 15 is 0 Å². The zero-order valence-corrected chi connectivity index (χ0v) is 16.7. The topological polar surface area (TPSA) is 112 Å². The summed E-state index contributed by atoms with van der Waals surface area (Å²) in [5, 5.41) is 11.7. The number of hydrazine groups is 1. The first-order valence-corrected chi connectivity index (χ1v) is 9.82. The van der Waals surface area contributed by atoms with Gasteiger partial charge in [-0.1, -0.05) is 29.8 Å². The van der Waals surface area contributed by atoms with Gasteiger partial charge in [0.1, 0.15) is 5.82 Å². The van der Waals surface area contributed by atoms with Crippen molar-refractivity contribution in [3.63, 3.8) is 0 Å². The van der Waals surface area contributed by atoms with Crippen molar-refractivity contribution in [2.24, 2.45) is 5.73 Å². The minimum atomic E-state index is -0.666. The molecule has 1 atom stereocenters. The average Bonchev–Trinajstić information content (AvgIpc) is 2.76. The molecule has 1 amide bonds. The third kappa shape index (κ3) is 3.31.